The number of halogens is 1. The van der Waals surface area contributed by atoms with Crippen LogP contribution in [-0.4, -0.2) is 61.0 Å². The van der Waals surface area contributed by atoms with Gasteiger partial charge in [-0.3, -0.25) is 9.79 Å². The van der Waals surface area contributed by atoms with Crippen LogP contribution in [0.15, 0.2) is 29.4 Å². The van der Waals surface area contributed by atoms with Crippen LogP contribution in [0.25, 0.3) is 0 Å². The van der Waals surface area contributed by atoms with Crippen LogP contribution < -0.4 is 16.0 Å². The molecule has 0 radical (unpaired) electrons. The second-order valence-electron chi connectivity index (χ2n) is 6.58. The maximum Gasteiger partial charge on any atom is 0.224 e. The second-order valence-corrected chi connectivity index (χ2v) is 6.58. The Balaban J connectivity index is 0.00000312. The quantitative estimate of drug-likeness (QED) is 0.393. The molecule has 0 saturated carbocycles. The van der Waals surface area contributed by atoms with E-state index in [2.05, 4.69) is 25.1 Å². The Bertz CT molecular complexity index is 570. The summed E-state index contributed by atoms with van der Waals surface area (Å²) in [6.07, 6.45) is 1.82. The summed E-state index contributed by atoms with van der Waals surface area (Å²) in [6.45, 7) is 10.4. The van der Waals surface area contributed by atoms with Crippen molar-refractivity contribution in [1.82, 2.24) is 15.2 Å². The predicted molar refractivity (Wildman–Crippen MR) is 112 cm³/mol. The van der Waals surface area contributed by atoms with Gasteiger partial charge in [-0.15, -0.1) is 24.0 Å². The summed E-state index contributed by atoms with van der Waals surface area (Å²) >= 11 is 0. The van der Waals surface area contributed by atoms with Gasteiger partial charge in [-0.2, -0.15) is 0 Å². The number of carbonyl (C=O) groups excluding carboxylic acids is 1. The molecule has 0 aromatic carbocycles. The number of anilines is 1. The summed E-state index contributed by atoms with van der Waals surface area (Å²) in [5, 5.41) is 3.31. The number of amides is 1. The number of nitrogens with two attached hydrogens (primary N) is 1. The van der Waals surface area contributed by atoms with Gasteiger partial charge in [0.1, 0.15) is 5.82 Å². The number of hydrogen-bond donors (Lipinski definition) is 2. The van der Waals surface area contributed by atoms with Crippen molar-refractivity contribution in [3.63, 3.8) is 0 Å². The molecule has 8 heteroatoms. The molecule has 7 nitrogen and oxygen atoms in total. The standard InChI is InChI=1S/C17H28N6O.HI/c1-4-19-16(21-13-17(2,3)15(18)24)23-11-9-22(10-12-23)14-7-5-6-8-20-14;/h5-8H,4,9-13H2,1-3H3,(H2,18,24)(H,19,21);1H. The predicted octanol–water partition coefficient (Wildman–Crippen LogP) is 1.30. The number of rotatable bonds is 5. The highest BCUT2D eigenvalue weighted by Gasteiger charge is 2.26. The van der Waals surface area contributed by atoms with Gasteiger partial charge in [0.05, 0.1) is 12.0 Å². The lowest BCUT2D eigenvalue weighted by Gasteiger charge is -2.37. The van der Waals surface area contributed by atoms with E-state index < -0.39 is 5.41 Å². The fourth-order valence-electron chi connectivity index (χ4n) is 2.46. The lowest BCUT2D eigenvalue weighted by Crippen LogP contribution is -2.53. The molecule has 0 atom stereocenters. The number of guanidine groups is 1. The number of primary amides is 1. The molecule has 1 saturated heterocycles. The lowest BCUT2D eigenvalue weighted by atomic mass is 9.93. The Morgan fingerprint density at radius 1 is 1.32 bits per heavy atom. The van der Waals surface area contributed by atoms with Crippen molar-refractivity contribution in [3.05, 3.63) is 24.4 Å². The number of aliphatic imine (C=N–C) groups is 1. The van der Waals surface area contributed by atoms with Gasteiger partial charge in [0, 0.05) is 38.9 Å². The SMILES string of the molecule is CCNC(=NCC(C)(C)C(N)=O)N1CCN(c2ccccn2)CC1.I. The van der Waals surface area contributed by atoms with E-state index in [-0.39, 0.29) is 29.9 Å². The largest absolute Gasteiger partial charge is 0.369 e. The molecule has 140 valence electrons. The van der Waals surface area contributed by atoms with E-state index in [0.717, 1.165) is 44.5 Å². The fraction of sp³-hybridized carbons (Fsp3) is 0.588. The van der Waals surface area contributed by atoms with Crippen LogP contribution in [0.2, 0.25) is 0 Å². The fourth-order valence-corrected chi connectivity index (χ4v) is 2.46. The van der Waals surface area contributed by atoms with E-state index in [9.17, 15) is 4.79 Å². The number of pyridine rings is 1. The Kier molecular flexibility index (Phi) is 8.40. The number of nitrogens with one attached hydrogen (secondary N) is 1. The van der Waals surface area contributed by atoms with Crippen molar-refractivity contribution in [2.75, 3.05) is 44.2 Å². The molecule has 3 N–H and O–H groups in total. The molecule has 1 aliphatic heterocycles. The van der Waals surface area contributed by atoms with Crippen LogP contribution in [-0.2, 0) is 4.79 Å². The minimum atomic E-state index is -0.642. The summed E-state index contributed by atoms with van der Waals surface area (Å²) in [5.74, 6) is 1.52. The Labute approximate surface area is 167 Å². The third kappa shape index (κ3) is 6.02. The van der Waals surface area contributed by atoms with Crippen LogP contribution in [0.4, 0.5) is 5.82 Å². The third-order valence-electron chi connectivity index (χ3n) is 4.18. The molecule has 1 aliphatic rings. The van der Waals surface area contributed by atoms with E-state index in [4.69, 9.17) is 5.73 Å². The van der Waals surface area contributed by atoms with E-state index in [1.807, 2.05) is 45.2 Å². The summed E-state index contributed by atoms with van der Waals surface area (Å²) < 4.78 is 0. The van der Waals surface area contributed by atoms with Crippen LogP contribution in [0.5, 0.6) is 0 Å². The Hall–Kier alpha value is -1.58. The first-order valence-electron chi connectivity index (χ1n) is 8.43. The van der Waals surface area contributed by atoms with Gasteiger partial charge in [0.15, 0.2) is 5.96 Å². The van der Waals surface area contributed by atoms with Crippen molar-refractivity contribution in [2.24, 2.45) is 16.1 Å². The van der Waals surface area contributed by atoms with Gasteiger partial charge < -0.3 is 20.9 Å². The van der Waals surface area contributed by atoms with Crippen molar-refractivity contribution < 1.29 is 4.79 Å². The summed E-state index contributed by atoms with van der Waals surface area (Å²) in [4.78, 5) is 25.0. The second kappa shape index (κ2) is 9.79. The molecule has 0 aliphatic carbocycles. The van der Waals surface area contributed by atoms with Crippen LogP contribution in [0, 0.1) is 5.41 Å². The topological polar surface area (TPSA) is 86.8 Å². The van der Waals surface area contributed by atoms with Gasteiger partial charge in [-0.05, 0) is 32.9 Å². The Morgan fingerprint density at radius 2 is 2.00 bits per heavy atom. The maximum atomic E-state index is 11.5. The van der Waals surface area contributed by atoms with Crippen molar-refractivity contribution in [3.8, 4) is 0 Å². The van der Waals surface area contributed by atoms with Crippen LogP contribution >= 0.6 is 24.0 Å². The molecule has 2 heterocycles. The van der Waals surface area contributed by atoms with E-state index in [0.29, 0.717) is 6.54 Å². The van der Waals surface area contributed by atoms with Crippen LogP contribution in [0.1, 0.15) is 20.8 Å². The highest BCUT2D eigenvalue weighted by atomic mass is 127. The Morgan fingerprint density at radius 3 is 2.52 bits per heavy atom. The van der Waals surface area contributed by atoms with E-state index >= 15 is 0 Å². The van der Waals surface area contributed by atoms with Crippen LogP contribution in [0.3, 0.4) is 0 Å². The number of nitrogens with zero attached hydrogens (tertiary/aromatic N) is 4. The van der Waals surface area contributed by atoms with E-state index in [1.54, 1.807) is 0 Å². The molecule has 1 aromatic rings. The van der Waals surface area contributed by atoms with Gasteiger partial charge >= 0.3 is 0 Å². The van der Waals surface area contributed by atoms with Crippen molar-refractivity contribution >= 4 is 41.7 Å². The monoisotopic (exact) mass is 460 g/mol. The first kappa shape index (κ1) is 21.5. The summed E-state index contributed by atoms with van der Waals surface area (Å²) in [7, 11) is 0. The average molecular weight is 460 g/mol. The highest BCUT2D eigenvalue weighted by molar-refractivity contribution is 14.0. The molecule has 1 amide bonds. The van der Waals surface area contributed by atoms with Gasteiger partial charge in [0.2, 0.25) is 5.91 Å². The van der Waals surface area contributed by atoms with Gasteiger partial charge in [-0.1, -0.05) is 6.07 Å². The number of carbonyl (C=O) groups is 1. The molecule has 2 rings (SSSR count). The lowest BCUT2D eigenvalue weighted by molar-refractivity contribution is -0.125. The number of piperazine rings is 1. The maximum absolute atomic E-state index is 11.5. The smallest absolute Gasteiger partial charge is 0.224 e. The first-order chi connectivity index (χ1) is 11.4. The minimum Gasteiger partial charge on any atom is -0.369 e. The molecule has 0 bridgehead atoms. The molecule has 1 fully saturated rings. The summed E-state index contributed by atoms with van der Waals surface area (Å²) in [5.41, 5.74) is 4.79. The highest BCUT2D eigenvalue weighted by Crippen LogP contribution is 2.16. The third-order valence-corrected chi connectivity index (χ3v) is 4.18. The van der Waals surface area contributed by atoms with Gasteiger partial charge in [0.25, 0.3) is 0 Å². The van der Waals surface area contributed by atoms with E-state index in [1.165, 1.54) is 0 Å². The minimum absolute atomic E-state index is 0. The van der Waals surface area contributed by atoms with Gasteiger partial charge in [-0.25, -0.2) is 4.98 Å². The summed E-state index contributed by atoms with van der Waals surface area (Å²) in [6, 6.07) is 5.96. The van der Waals surface area contributed by atoms with Crippen molar-refractivity contribution in [1.29, 1.82) is 0 Å². The molecule has 0 unspecified atom stereocenters. The molecular weight excluding hydrogens is 431 g/mol. The molecular formula is C17H29IN6O. The zero-order chi connectivity index (χ0) is 17.6. The number of aromatic nitrogens is 1. The molecule has 1 aromatic heterocycles. The van der Waals surface area contributed by atoms with Crippen molar-refractivity contribution in [2.45, 2.75) is 20.8 Å². The molecule has 0 spiro atoms. The first-order valence-corrected chi connectivity index (χ1v) is 8.43. The zero-order valence-corrected chi connectivity index (χ0v) is 17.6. The normalized spacial score (nSPS) is 15.6. The molecule has 25 heavy (non-hydrogen) atoms. The average Bonchev–Trinajstić information content (AvgIpc) is 2.59. The zero-order valence-electron chi connectivity index (χ0n) is 15.2. The number of hydrogen-bond acceptors (Lipinski definition) is 4.